The Morgan fingerprint density at radius 3 is 3.00 bits per heavy atom. The smallest absolute Gasteiger partial charge is 0.234 e. The van der Waals surface area contributed by atoms with E-state index in [1.165, 1.54) is 32.2 Å². The molecule has 2 aliphatic heterocycles. The van der Waals surface area contributed by atoms with Crippen molar-refractivity contribution >= 4 is 5.91 Å². The molecule has 19 heavy (non-hydrogen) atoms. The third-order valence-electron chi connectivity index (χ3n) is 4.43. The van der Waals surface area contributed by atoms with Gasteiger partial charge in [0.05, 0.1) is 6.54 Å². The number of rotatable bonds is 6. The first-order valence-corrected chi connectivity index (χ1v) is 8.02. The van der Waals surface area contributed by atoms with Crippen LogP contribution in [0.4, 0.5) is 0 Å². The lowest BCUT2D eigenvalue weighted by Gasteiger charge is -2.35. The summed E-state index contributed by atoms with van der Waals surface area (Å²) in [5, 5.41) is 6.63. The van der Waals surface area contributed by atoms with E-state index in [4.69, 9.17) is 0 Å². The molecule has 2 aliphatic rings. The second-order valence-electron chi connectivity index (χ2n) is 6.04. The monoisotopic (exact) mass is 267 g/mol. The van der Waals surface area contributed by atoms with Gasteiger partial charge in [-0.1, -0.05) is 13.3 Å². The predicted octanol–water partition coefficient (Wildman–Crippen LogP) is 1.37. The van der Waals surface area contributed by atoms with Gasteiger partial charge in [-0.3, -0.25) is 9.69 Å². The first-order chi connectivity index (χ1) is 9.29. The summed E-state index contributed by atoms with van der Waals surface area (Å²) in [4.78, 5) is 14.2. The standard InChI is InChI=1S/C15H29N3O/c1-2-3-8-17-15(19)12-18-10-5-6-13(11-18)14-7-4-9-16-14/h13-14,16H,2-12H2,1H3,(H,17,19). The van der Waals surface area contributed by atoms with Gasteiger partial charge in [0, 0.05) is 19.1 Å². The number of hydrogen-bond donors (Lipinski definition) is 2. The largest absolute Gasteiger partial charge is 0.355 e. The topological polar surface area (TPSA) is 44.4 Å². The summed E-state index contributed by atoms with van der Waals surface area (Å²) >= 11 is 0. The molecule has 2 rings (SSSR count). The van der Waals surface area contributed by atoms with Gasteiger partial charge in [-0.05, 0) is 51.1 Å². The average Bonchev–Trinajstić information content (AvgIpc) is 2.93. The Morgan fingerprint density at radius 2 is 2.26 bits per heavy atom. The molecule has 4 nitrogen and oxygen atoms in total. The maximum atomic E-state index is 11.8. The molecule has 2 fully saturated rings. The van der Waals surface area contributed by atoms with Crippen LogP contribution in [0.3, 0.4) is 0 Å². The van der Waals surface area contributed by atoms with Crippen molar-refractivity contribution in [2.24, 2.45) is 5.92 Å². The van der Waals surface area contributed by atoms with Gasteiger partial charge in [0.2, 0.25) is 5.91 Å². The Morgan fingerprint density at radius 1 is 1.37 bits per heavy atom. The van der Waals surface area contributed by atoms with E-state index in [0.717, 1.165) is 38.4 Å². The molecule has 2 unspecified atom stereocenters. The van der Waals surface area contributed by atoms with Gasteiger partial charge in [0.15, 0.2) is 0 Å². The van der Waals surface area contributed by atoms with Gasteiger partial charge < -0.3 is 10.6 Å². The van der Waals surface area contributed by atoms with Crippen LogP contribution < -0.4 is 10.6 Å². The Bertz CT molecular complexity index is 277. The molecule has 0 aromatic heterocycles. The number of carbonyl (C=O) groups is 1. The Labute approximate surface area is 117 Å². The molecule has 0 saturated carbocycles. The van der Waals surface area contributed by atoms with E-state index in [2.05, 4.69) is 22.5 Å². The third-order valence-corrected chi connectivity index (χ3v) is 4.43. The number of hydrogen-bond acceptors (Lipinski definition) is 3. The number of piperidine rings is 1. The van der Waals surface area contributed by atoms with Crippen LogP contribution in [0, 0.1) is 5.92 Å². The maximum absolute atomic E-state index is 11.8. The van der Waals surface area contributed by atoms with Crippen LogP contribution in [0.5, 0.6) is 0 Å². The molecule has 1 amide bonds. The van der Waals surface area contributed by atoms with Crippen molar-refractivity contribution in [3.63, 3.8) is 0 Å². The fraction of sp³-hybridized carbons (Fsp3) is 0.933. The van der Waals surface area contributed by atoms with Crippen LogP contribution in [-0.2, 0) is 4.79 Å². The van der Waals surface area contributed by atoms with Crippen molar-refractivity contribution in [1.29, 1.82) is 0 Å². The highest BCUT2D eigenvalue weighted by Gasteiger charge is 2.29. The van der Waals surface area contributed by atoms with E-state index >= 15 is 0 Å². The lowest BCUT2D eigenvalue weighted by atomic mass is 9.90. The molecule has 2 heterocycles. The van der Waals surface area contributed by atoms with Crippen LogP contribution in [-0.4, -0.2) is 49.6 Å². The fourth-order valence-electron chi connectivity index (χ4n) is 3.34. The SMILES string of the molecule is CCCCNC(=O)CN1CCCC(C2CCCN2)C1. The van der Waals surface area contributed by atoms with E-state index in [1.54, 1.807) is 0 Å². The first kappa shape index (κ1) is 14.8. The van der Waals surface area contributed by atoms with Crippen molar-refractivity contribution in [3.8, 4) is 0 Å². The van der Waals surface area contributed by atoms with Crippen molar-refractivity contribution < 1.29 is 4.79 Å². The summed E-state index contributed by atoms with van der Waals surface area (Å²) in [7, 11) is 0. The number of amides is 1. The quantitative estimate of drug-likeness (QED) is 0.714. The second-order valence-corrected chi connectivity index (χ2v) is 6.04. The van der Waals surface area contributed by atoms with E-state index < -0.39 is 0 Å². The zero-order valence-corrected chi connectivity index (χ0v) is 12.3. The molecule has 2 saturated heterocycles. The lowest BCUT2D eigenvalue weighted by Crippen LogP contribution is -2.47. The molecule has 0 spiro atoms. The molecule has 0 aromatic rings. The highest BCUT2D eigenvalue weighted by Crippen LogP contribution is 2.24. The lowest BCUT2D eigenvalue weighted by molar-refractivity contribution is -0.122. The zero-order valence-electron chi connectivity index (χ0n) is 12.3. The summed E-state index contributed by atoms with van der Waals surface area (Å²) in [6.07, 6.45) is 7.43. The molecule has 0 aliphatic carbocycles. The van der Waals surface area contributed by atoms with Gasteiger partial charge in [-0.25, -0.2) is 0 Å². The number of unbranched alkanes of at least 4 members (excludes halogenated alkanes) is 1. The summed E-state index contributed by atoms with van der Waals surface area (Å²) in [5.41, 5.74) is 0. The molecule has 110 valence electrons. The number of nitrogens with one attached hydrogen (secondary N) is 2. The maximum Gasteiger partial charge on any atom is 0.234 e. The fourth-order valence-corrected chi connectivity index (χ4v) is 3.34. The summed E-state index contributed by atoms with van der Waals surface area (Å²) < 4.78 is 0. The van der Waals surface area contributed by atoms with E-state index in [9.17, 15) is 4.79 Å². The average molecular weight is 267 g/mol. The van der Waals surface area contributed by atoms with E-state index in [1.807, 2.05) is 0 Å². The molecule has 4 heteroatoms. The van der Waals surface area contributed by atoms with Crippen LogP contribution in [0.1, 0.15) is 45.4 Å². The van der Waals surface area contributed by atoms with Crippen LogP contribution in [0.15, 0.2) is 0 Å². The van der Waals surface area contributed by atoms with Gasteiger partial charge in [-0.2, -0.15) is 0 Å². The molecule has 2 atom stereocenters. The van der Waals surface area contributed by atoms with Crippen LogP contribution in [0.2, 0.25) is 0 Å². The summed E-state index contributed by atoms with van der Waals surface area (Å²) in [5.74, 6) is 0.952. The molecular formula is C15H29N3O. The molecular weight excluding hydrogens is 238 g/mol. The number of nitrogens with zero attached hydrogens (tertiary/aromatic N) is 1. The normalized spacial score (nSPS) is 28.5. The van der Waals surface area contributed by atoms with Crippen molar-refractivity contribution in [3.05, 3.63) is 0 Å². The van der Waals surface area contributed by atoms with Gasteiger partial charge >= 0.3 is 0 Å². The molecule has 2 N–H and O–H groups in total. The summed E-state index contributed by atoms with van der Waals surface area (Å²) in [6.45, 7) is 6.93. The minimum Gasteiger partial charge on any atom is -0.355 e. The van der Waals surface area contributed by atoms with Gasteiger partial charge in [-0.15, -0.1) is 0 Å². The highest BCUT2D eigenvalue weighted by atomic mass is 16.2. The third kappa shape index (κ3) is 4.77. The minimum absolute atomic E-state index is 0.202. The minimum atomic E-state index is 0.202. The zero-order chi connectivity index (χ0) is 13.5. The van der Waals surface area contributed by atoms with Gasteiger partial charge in [0.25, 0.3) is 0 Å². The molecule has 0 bridgehead atoms. The Hall–Kier alpha value is -0.610. The first-order valence-electron chi connectivity index (χ1n) is 8.02. The van der Waals surface area contributed by atoms with Crippen LogP contribution in [0.25, 0.3) is 0 Å². The van der Waals surface area contributed by atoms with E-state index in [0.29, 0.717) is 12.6 Å². The number of likely N-dealkylation sites (tertiary alicyclic amines) is 1. The van der Waals surface area contributed by atoms with Crippen LogP contribution >= 0.6 is 0 Å². The van der Waals surface area contributed by atoms with Crippen molar-refractivity contribution in [2.45, 2.75) is 51.5 Å². The highest BCUT2D eigenvalue weighted by molar-refractivity contribution is 5.77. The second kappa shape index (κ2) is 7.85. The summed E-state index contributed by atoms with van der Waals surface area (Å²) in [6, 6.07) is 0.700. The predicted molar refractivity (Wildman–Crippen MR) is 78.1 cm³/mol. The van der Waals surface area contributed by atoms with Gasteiger partial charge in [0.1, 0.15) is 0 Å². The van der Waals surface area contributed by atoms with Crippen molar-refractivity contribution in [2.75, 3.05) is 32.7 Å². The van der Waals surface area contributed by atoms with Crippen molar-refractivity contribution in [1.82, 2.24) is 15.5 Å². The van der Waals surface area contributed by atoms with E-state index in [-0.39, 0.29) is 5.91 Å². The molecule has 0 aromatic carbocycles. The number of carbonyl (C=O) groups excluding carboxylic acids is 1. The Kier molecular flexibility index (Phi) is 6.11. The Balaban J connectivity index is 1.69. The molecule has 0 radical (unpaired) electrons.